The van der Waals surface area contributed by atoms with Crippen LogP contribution < -0.4 is 5.32 Å². The molecule has 0 saturated heterocycles. The van der Waals surface area contributed by atoms with Crippen LogP contribution in [0.2, 0.25) is 0 Å². The molecule has 1 aliphatic carbocycles. The van der Waals surface area contributed by atoms with Crippen molar-refractivity contribution in [1.29, 1.82) is 0 Å². The topological polar surface area (TPSA) is 21.3 Å². The summed E-state index contributed by atoms with van der Waals surface area (Å²) in [6, 6.07) is 0. The maximum absolute atomic E-state index is 5.13. The second-order valence-corrected chi connectivity index (χ2v) is 3.88. The van der Waals surface area contributed by atoms with E-state index < -0.39 is 0 Å². The standard InChI is InChI=1S/C10H21NO/c1-3-11-9-10(5-4-6-10)7-8-12-2/h11H,3-9H2,1-2H3. The lowest BCUT2D eigenvalue weighted by molar-refractivity contribution is 0.0697. The quantitative estimate of drug-likeness (QED) is 0.658. The van der Waals surface area contributed by atoms with E-state index in [1.165, 1.54) is 32.2 Å². The van der Waals surface area contributed by atoms with Crippen molar-refractivity contribution in [3.63, 3.8) is 0 Å². The highest BCUT2D eigenvalue weighted by Gasteiger charge is 2.35. The molecule has 0 bridgehead atoms. The molecule has 1 saturated carbocycles. The predicted molar refractivity (Wildman–Crippen MR) is 51.3 cm³/mol. The molecule has 0 heterocycles. The third kappa shape index (κ3) is 2.46. The molecule has 0 spiro atoms. The van der Waals surface area contributed by atoms with E-state index in [4.69, 9.17) is 4.74 Å². The summed E-state index contributed by atoms with van der Waals surface area (Å²) in [7, 11) is 1.79. The summed E-state index contributed by atoms with van der Waals surface area (Å²) in [5, 5.41) is 3.44. The van der Waals surface area contributed by atoms with E-state index in [-0.39, 0.29) is 0 Å². The van der Waals surface area contributed by atoms with Crippen LogP contribution in [0.15, 0.2) is 0 Å². The molecule has 0 atom stereocenters. The van der Waals surface area contributed by atoms with Crippen molar-refractivity contribution in [3.05, 3.63) is 0 Å². The van der Waals surface area contributed by atoms with E-state index in [2.05, 4.69) is 12.2 Å². The van der Waals surface area contributed by atoms with Gasteiger partial charge in [-0.1, -0.05) is 13.3 Å². The molecule has 2 heteroatoms. The summed E-state index contributed by atoms with van der Waals surface area (Å²) in [5.74, 6) is 0. The first kappa shape index (κ1) is 10.0. The summed E-state index contributed by atoms with van der Waals surface area (Å²) >= 11 is 0. The van der Waals surface area contributed by atoms with Crippen LogP contribution in [0, 0.1) is 5.41 Å². The Balaban J connectivity index is 2.19. The smallest absolute Gasteiger partial charge is 0.0468 e. The molecular weight excluding hydrogens is 150 g/mol. The summed E-state index contributed by atoms with van der Waals surface area (Å²) in [6.07, 6.45) is 5.43. The van der Waals surface area contributed by atoms with E-state index >= 15 is 0 Å². The normalized spacial score (nSPS) is 20.5. The van der Waals surface area contributed by atoms with Crippen LogP contribution in [-0.2, 0) is 4.74 Å². The van der Waals surface area contributed by atoms with Crippen LogP contribution in [0.5, 0.6) is 0 Å². The fourth-order valence-electron chi connectivity index (χ4n) is 1.90. The van der Waals surface area contributed by atoms with Gasteiger partial charge in [0.1, 0.15) is 0 Å². The highest BCUT2D eigenvalue weighted by Crippen LogP contribution is 2.43. The van der Waals surface area contributed by atoms with Crippen molar-refractivity contribution >= 4 is 0 Å². The Bertz CT molecular complexity index is 111. The number of hydrogen-bond donors (Lipinski definition) is 1. The van der Waals surface area contributed by atoms with Gasteiger partial charge in [0, 0.05) is 20.3 Å². The highest BCUT2D eigenvalue weighted by molar-refractivity contribution is 4.89. The Labute approximate surface area is 75.7 Å². The van der Waals surface area contributed by atoms with E-state index in [1.807, 2.05) is 0 Å². The zero-order chi connectivity index (χ0) is 8.86. The largest absolute Gasteiger partial charge is 0.385 e. The first-order valence-corrected chi connectivity index (χ1v) is 5.03. The molecule has 72 valence electrons. The first-order chi connectivity index (χ1) is 5.83. The molecule has 1 rings (SSSR count). The summed E-state index contributed by atoms with van der Waals surface area (Å²) in [6.45, 7) is 5.37. The second kappa shape index (κ2) is 4.83. The molecule has 0 aromatic rings. The molecule has 1 N–H and O–H groups in total. The van der Waals surface area contributed by atoms with Gasteiger partial charge < -0.3 is 10.1 Å². The third-order valence-electron chi connectivity index (χ3n) is 3.00. The van der Waals surface area contributed by atoms with Crippen molar-refractivity contribution in [2.75, 3.05) is 26.8 Å². The minimum absolute atomic E-state index is 0.589. The van der Waals surface area contributed by atoms with Gasteiger partial charge >= 0.3 is 0 Å². The molecule has 0 unspecified atom stereocenters. The van der Waals surface area contributed by atoms with Crippen LogP contribution in [0.1, 0.15) is 32.6 Å². The number of nitrogens with one attached hydrogen (secondary N) is 1. The number of ether oxygens (including phenoxy) is 1. The van der Waals surface area contributed by atoms with Crippen LogP contribution >= 0.6 is 0 Å². The van der Waals surface area contributed by atoms with Gasteiger partial charge in [0.05, 0.1) is 0 Å². The second-order valence-electron chi connectivity index (χ2n) is 3.88. The zero-order valence-corrected chi connectivity index (χ0v) is 8.36. The van der Waals surface area contributed by atoms with E-state index in [9.17, 15) is 0 Å². The Morgan fingerprint density at radius 3 is 2.58 bits per heavy atom. The van der Waals surface area contributed by atoms with Gasteiger partial charge in [-0.2, -0.15) is 0 Å². The van der Waals surface area contributed by atoms with E-state index in [0.29, 0.717) is 5.41 Å². The molecule has 0 amide bonds. The zero-order valence-electron chi connectivity index (χ0n) is 8.36. The van der Waals surface area contributed by atoms with Crippen molar-refractivity contribution < 1.29 is 4.74 Å². The molecular formula is C10H21NO. The average Bonchev–Trinajstić information content (AvgIpc) is 2.02. The van der Waals surface area contributed by atoms with Crippen molar-refractivity contribution in [2.24, 2.45) is 5.41 Å². The van der Waals surface area contributed by atoms with Crippen molar-refractivity contribution in [2.45, 2.75) is 32.6 Å². The lowest BCUT2D eigenvalue weighted by Crippen LogP contribution is -2.40. The Morgan fingerprint density at radius 2 is 2.17 bits per heavy atom. The Morgan fingerprint density at radius 1 is 1.42 bits per heavy atom. The summed E-state index contributed by atoms with van der Waals surface area (Å²) in [5.41, 5.74) is 0.589. The molecule has 0 aliphatic heterocycles. The predicted octanol–water partition coefficient (Wildman–Crippen LogP) is 1.80. The van der Waals surface area contributed by atoms with Crippen LogP contribution in [-0.4, -0.2) is 26.8 Å². The Hall–Kier alpha value is -0.0800. The lowest BCUT2D eigenvalue weighted by atomic mass is 9.67. The molecule has 2 nitrogen and oxygen atoms in total. The minimum atomic E-state index is 0.589. The van der Waals surface area contributed by atoms with E-state index in [1.54, 1.807) is 7.11 Å². The van der Waals surface area contributed by atoms with Crippen LogP contribution in [0.4, 0.5) is 0 Å². The first-order valence-electron chi connectivity index (χ1n) is 5.03. The monoisotopic (exact) mass is 171 g/mol. The molecule has 12 heavy (non-hydrogen) atoms. The number of rotatable bonds is 6. The lowest BCUT2D eigenvalue weighted by Gasteiger charge is -2.42. The van der Waals surface area contributed by atoms with Gasteiger partial charge in [0.2, 0.25) is 0 Å². The number of methoxy groups -OCH3 is 1. The van der Waals surface area contributed by atoms with Gasteiger partial charge in [-0.05, 0) is 31.2 Å². The van der Waals surface area contributed by atoms with E-state index in [0.717, 1.165) is 13.2 Å². The van der Waals surface area contributed by atoms with Crippen LogP contribution in [0.25, 0.3) is 0 Å². The van der Waals surface area contributed by atoms with Gasteiger partial charge in [0.15, 0.2) is 0 Å². The van der Waals surface area contributed by atoms with Crippen molar-refractivity contribution in [3.8, 4) is 0 Å². The fourth-order valence-corrected chi connectivity index (χ4v) is 1.90. The minimum Gasteiger partial charge on any atom is -0.385 e. The van der Waals surface area contributed by atoms with Crippen molar-refractivity contribution in [1.82, 2.24) is 5.32 Å². The third-order valence-corrected chi connectivity index (χ3v) is 3.00. The summed E-state index contributed by atoms with van der Waals surface area (Å²) in [4.78, 5) is 0. The number of hydrogen-bond acceptors (Lipinski definition) is 2. The SMILES string of the molecule is CCNCC1(CCOC)CCC1. The molecule has 0 aromatic heterocycles. The maximum Gasteiger partial charge on any atom is 0.0468 e. The maximum atomic E-state index is 5.13. The summed E-state index contributed by atoms with van der Waals surface area (Å²) < 4.78 is 5.13. The molecule has 0 aromatic carbocycles. The van der Waals surface area contributed by atoms with Gasteiger partial charge in [-0.3, -0.25) is 0 Å². The Kier molecular flexibility index (Phi) is 4.02. The average molecular weight is 171 g/mol. The van der Waals surface area contributed by atoms with Crippen LogP contribution in [0.3, 0.4) is 0 Å². The molecule has 1 fully saturated rings. The highest BCUT2D eigenvalue weighted by atomic mass is 16.5. The molecule has 0 radical (unpaired) electrons. The van der Waals surface area contributed by atoms with Gasteiger partial charge in [-0.25, -0.2) is 0 Å². The fraction of sp³-hybridized carbons (Fsp3) is 1.00. The van der Waals surface area contributed by atoms with Gasteiger partial charge in [0.25, 0.3) is 0 Å². The molecule has 1 aliphatic rings. The van der Waals surface area contributed by atoms with Gasteiger partial charge in [-0.15, -0.1) is 0 Å².